The van der Waals surface area contributed by atoms with Gasteiger partial charge in [-0.2, -0.15) is 0 Å². The highest BCUT2D eigenvalue weighted by molar-refractivity contribution is 5.90. The van der Waals surface area contributed by atoms with E-state index in [1.807, 2.05) is 26.0 Å². The third-order valence-electron chi connectivity index (χ3n) is 4.30. The van der Waals surface area contributed by atoms with Crippen molar-refractivity contribution in [3.63, 3.8) is 0 Å². The number of ether oxygens (including phenoxy) is 1. The van der Waals surface area contributed by atoms with Gasteiger partial charge in [-0.15, -0.1) is 0 Å². The molecule has 1 aromatic heterocycles. The van der Waals surface area contributed by atoms with E-state index in [0.29, 0.717) is 31.3 Å². The number of hydrogen-bond donors (Lipinski definition) is 1. The van der Waals surface area contributed by atoms with Crippen LogP contribution in [0.1, 0.15) is 18.9 Å². The molecule has 2 amide bonds. The fraction of sp³-hybridized carbons (Fsp3) is 0.389. The zero-order chi connectivity index (χ0) is 17.8. The van der Waals surface area contributed by atoms with Gasteiger partial charge in [-0.3, -0.25) is 0 Å². The molecule has 2 heterocycles. The van der Waals surface area contributed by atoms with Crippen LogP contribution in [0.3, 0.4) is 0 Å². The van der Waals surface area contributed by atoms with E-state index >= 15 is 0 Å². The minimum absolute atomic E-state index is 0.118. The number of nitrogens with one attached hydrogen (secondary N) is 1. The molecule has 0 bridgehead atoms. The number of amides is 2. The molecular weight excluding hydrogens is 323 g/mol. The molecule has 7 heteroatoms. The topological polar surface area (TPSA) is 67.4 Å². The molecule has 2 aromatic rings. The molecule has 0 aliphatic carbocycles. The summed E-state index contributed by atoms with van der Waals surface area (Å²) in [4.78, 5) is 22.4. The Balaban J connectivity index is 1.80. The number of anilines is 1. The van der Waals surface area contributed by atoms with Crippen LogP contribution in [0.25, 0.3) is 11.4 Å². The van der Waals surface area contributed by atoms with Gasteiger partial charge in [0.2, 0.25) is 0 Å². The van der Waals surface area contributed by atoms with E-state index in [4.69, 9.17) is 4.74 Å². The highest BCUT2D eigenvalue weighted by Crippen LogP contribution is 2.24. The normalized spacial score (nSPS) is 17.9. The second-order valence-electron chi connectivity index (χ2n) is 6.13. The molecule has 3 rings (SSSR count). The molecule has 1 aliphatic rings. The predicted molar refractivity (Wildman–Crippen MR) is 92.8 cm³/mol. The number of nitrogens with zero attached hydrogens (tertiary/aromatic N) is 3. The smallest absolute Gasteiger partial charge is 0.322 e. The summed E-state index contributed by atoms with van der Waals surface area (Å²) in [5.41, 5.74) is 2.35. The van der Waals surface area contributed by atoms with Gasteiger partial charge in [0.15, 0.2) is 11.6 Å². The Hall–Kier alpha value is -2.54. The summed E-state index contributed by atoms with van der Waals surface area (Å²) >= 11 is 0. The van der Waals surface area contributed by atoms with Crippen LogP contribution in [-0.2, 0) is 4.74 Å². The van der Waals surface area contributed by atoms with Gasteiger partial charge in [0.1, 0.15) is 0 Å². The van der Waals surface area contributed by atoms with Crippen molar-refractivity contribution < 1.29 is 13.9 Å². The van der Waals surface area contributed by atoms with Crippen LogP contribution in [0.2, 0.25) is 0 Å². The second kappa shape index (κ2) is 7.57. The Labute approximate surface area is 146 Å². The predicted octanol–water partition coefficient (Wildman–Crippen LogP) is 3.23. The van der Waals surface area contributed by atoms with Crippen LogP contribution < -0.4 is 5.32 Å². The van der Waals surface area contributed by atoms with E-state index in [1.54, 1.807) is 11.0 Å². The first-order valence-electron chi connectivity index (χ1n) is 8.28. The monoisotopic (exact) mass is 344 g/mol. The first-order chi connectivity index (χ1) is 12.0. The minimum Gasteiger partial charge on any atom is -0.380 e. The molecule has 0 radical (unpaired) electrons. The average molecular weight is 344 g/mol. The molecular formula is C18H21FN4O2. The highest BCUT2D eigenvalue weighted by atomic mass is 19.1. The Kier molecular flexibility index (Phi) is 5.23. The van der Waals surface area contributed by atoms with Gasteiger partial charge >= 0.3 is 6.03 Å². The number of aromatic nitrogens is 2. The number of urea groups is 1. The SMILES string of the molecule is Cc1ccc(NC(=O)N2CCOCC[C@H]2C)cc1-c1ncc(F)cn1. The summed E-state index contributed by atoms with van der Waals surface area (Å²) < 4.78 is 18.5. The molecule has 0 unspecified atom stereocenters. The van der Waals surface area contributed by atoms with Crippen LogP contribution in [0.15, 0.2) is 30.6 Å². The van der Waals surface area contributed by atoms with E-state index in [1.165, 1.54) is 0 Å². The van der Waals surface area contributed by atoms with Gasteiger partial charge < -0.3 is 15.0 Å². The van der Waals surface area contributed by atoms with Crippen molar-refractivity contribution in [1.82, 2.24) is 14.9 Å². The van der Waals surface area contributed by atoms with Gasteiger partial charge in [0, 0.05) is 30.4 Å². The molecule has 1 aromatic carbocycles. The zero-order valence-corrected chi connectivity index (χ0v) is 14.3. The van der Waals surface area contributed by atoms with Crippen molar-refractivity contribution in [2.75, 3.05) is 25.1 Å². The number of benzene rings is 1. The highest BCUT2D eigenvalue weighted by Gasteiger charge is 2.22. The Morgan fingerprint density at radius 3 is 2.84 bits per heavy atom. The van der Waals surface area contributed by atoms with Crippen LogP contribution in [0, 0.1) is 12.7 Å². The van der Waals surface area contributed by atoms with E-state index < -0.39 is 5.82 Å². The van der Waals surface area contributed by atoms with Gasteiger partial charge in [0.05, 0.1) is 19.0 Å². The zero-order valence-electron chi connectivity index (χ0n) is 14.3. The van der Waals surface area contributed by atoms with Gasteiger partial charge in [-0.1, -0.05) is 6.07 Å². The maximum atomic E-state index is 13.0. The molecule has 6 nitrogen and oxygen atoms in total. The average Bonchev–Trinajstić information content (AvgIpc) is 2.82. The molecule has 0 saturated carbocycles. The number of carbonyl (C=O) groups excluding carboxylic acids is 1. The van der Waals surface area contributed by atoms with Crippen molar-refractivity contribution in [3.05, 3.63) is 42.0 Å². The second-order valence-corrected chi connectivity index (χ2v) is 6.13. The molecule has 25 heavy (non-hydrogen) atoms. The van der Waals surface area contributed by atoms with E-state index in [0.717, 1.165) is 29.9 Å². The van der Waals surface area contributed by atoms with Crippen LogP contribution in [-0.4, -0.2) is 46.7 Å². The number of hydrogen-bond acceptors (Lipinski definition) is 4. The molecule has 1 saturated heterocycles. The van der Waals surface area contributed by atoms with Gasteiger partial charge in [-0.25, -0.2) is 19.2 Å². The lowest BCUT2D eigenvalue weighted by Gasteiger charge is -2.26. The molecule has 1 aliphatic heterocycles. The van der Waals surface area contributed by atoms with Crippen molar-refractivity contribution >= 4 is 11.7 Å². The van der Waals surface area contributed by atoms with Crippen molar-refractivity contribution in [2.24, 2.45) is 0 Å². The maximum absolute atomic E-state index is 13.0. The lowest BCUT2D eigenvalue weighted by molar-refractivity contribution is 0.143. The minimum atomic E-state index is -0.483. The summed E-state index contributed by atoms with van der Waals surface area (Å²) in [5.74, 6) is -0.0604. The van der Waals surface area contributed by atoms with Crippen molar-refractivity contribution in [1.29, 1.82) is 0 Å². The van der Waals surface area contributed by atoms with E-state index in [2.05, 4.69) is 15.3 Å². The molecule has 1 fully saturated rings. The fourth-order valence-electron chi connectivity index (χ4n) is 2.78. The van der Waals surface area contributed by atoms with Crippen molar-refractivity contribution in [2.45, 2.75) is 26.3 Å². The summed E-state index contributed by atoms with van der Waals surface area (Å²) in [7, 11) is 0. The summed E-state index contributed by atoms with van der Waals surface area (Å²) in [5, 5.41) is 2.92. The van der Waals surface area contributed by atoms with Crippen LogP contribution in [0.5, 0.6) is 0 Å². The Bertz CT molecular complexity index is 751. The number of carbonyl (C=O) groups is 1. The van der Waals surface area contributed by atoms with Crippen LogP contribution in [0.4, 0.5) is 14.9 Å². The molecule has 0 spiro atoms. The standard InChI is InChI=1S/C18H21FN4O2/c1-12-3-4-15(9-16(12)17-20-10-14(19)11-21-17)22-18(24)23-6-8-25-7-5-13(23)2/h3-4,9-11,13H,5-8H2,1-2H3,(H,22,24)/t13-/m1/s1. The lowest BCUT2D eigenvalue weighted by Crippen LogP contribution is -2.42. The number of rotatable bonds is 2. The van der Waals surface area contributed by atoms with E-state index in [-0.39, 0.29) is 12.1 Å². The van der Waals surface area contributed by atoms with Crippen molar-refractivity contribution in [3.8, 4) is 11.4 Å². The summed E-state index contributed by atoms with van der Waals surface area (Å²) in [6.07, 6.45) is 3.08. The number of aryl methyl sites for hydroxylation is 1. The fourth-order valence-corrected chi connectivity index (χ4v) is 2.78. The molecule has 1 N–H and O–H groups in total. The van der Waals surface area contributed by atoms with E-state index in [9.17, 15) is 9.18 Å². The summed E-state index contributed by atoms with van der Waals surface area (Å²) in [6.45, 7) is 5.71. The van der Waals surface area contributed by atoms with Gasteiger partial charge in [-0.05, 0) is 38.0 Å². The quantitative estimate of drug-likeness (QED) is 0.908. The maximum Gasteiger partial charge on any atom is 0.322 e. The summed E-state index contributed by atoms with van der Waals surface area (Å²) in [6, 6.07) is 5.48. The Morgan fingerprint density at radius 1 is 1.32 bits per heavy atom. The first kappa shape index (κ1) is 17.3. The third-order valence-corrected chi connectivity index (χ3v) is 4.30. The first-order valence-corrected chi connectivity index (χ1v) is 8.28. The number of halogens is 1. The van der Waals surface area contributed by atoms with Crippen LogP contribution >= 0.6 is 0 Å². The third kappa shape index (κ3) is 4.11. The Morgan fingerprint density at radius 2 is 2.08 bits per heavy atom. The molecule has 132 valence electrons. The lowest BCUT2D eigenvalue weighted by atomic mass is 10.1. The van der Waals surface area contributed by atoms with Gasteiger partial charge in [0.25, 0.3) is 0 Å². The molecule has 1 atom stereocenters. The largest absolute Gasteiger partial charge is 0.380 e.